The summed E-state index contributed by atoms with van der Waals surface area (Å²) in [6.07, 6.45) is -0.430. The van der Waals surface area contributed by atoms with Gasteiger partial charge in [0, 0.05) is 40.1 Å². The van der Waals surface area contributed by atoms with Crippen LogP contribution in [0.2, 0.25) is 5.02 Å². The Labute approximate surface area is 164 Å². The summed E-state index contributed by atoms with van der Waals surface area (Å²) in [5.41, 5.74) is 2.95. The summed E-state index contributed by atoms with van der Waals surface area (Å²) < 4.78 is 5.26. The molecule has 2 rings (SSSR count). The van der Waals surface area contributed by atoms with E-state index in [0.717, 1.165) is 34.9 Å². The van der Waals surface area contributed by atoms with E-state index >= 15 is 0 Å². The molecule has 0 bridgehead atoms. The van der Waals surface area contributed by atoms with Crippen molar-refractivity contribution < 1.29 is 9.53 Å². The molecule has 2 aromatic carbocycles. The number of carbonyl (C=O) groups is 1. The van der Waals surface area contributed by atoms with Crippen LogP contribution in [-0.2, 0) is 4.74 Å². The van der Waals surface area contributed by atoms with E-state index in [1.807, 2.05) is 43.3 Å². The number of anilines is 2. The Morgan fingerprint density at radius 1 is 1.15 bits per heavy atom. The molecular weight excluding hydrogens is 368 g/mol. The molecule has 1 N–H and O–H groups in total. The highest BCUT2D eigenvalue weighted by atomic mass is 35.5. The predicted molar refractivity (Wildman–Crippen MR) is 112 cm³/mol. The fourth-order valence-electron chi connectivity index (χ4n) is 2.54. The first-order chi connectivity index (χ1) is 12.5. The van der Waals surface area contributed by atoms with E-state index in [-0.39, 0.29) is 0 Å². The first-order valence-corrected chi connectivity index (χ1v) is 10.1. The second-order valence-corrected chi connectivity index (χ2v) is 7.34. The molecule has 0 saturated heterocycles. The molecule has 4 nitrogen and oxygen atoms in total. The van der Waals surface area contributed by atoms with Crippen molar-refractivity contribution in [1.82, 2.24) is 0 Å². The van der Waals surface area contributed by atoms with E-state index in [1.54, 1.807) is 11.8 Å². The molecule has 26 heavy (non-hydrogen) atoms. The number of thioether (sulfide) groups is 1. The number of amides is 1. The number of ether oxygens (including phenoxy) is 1. The van der Waals surface area contributed by atoms with Gasteiger partial charge >= 0.3 is 6.09 Å². The second kappa shape index (κ2) is 10.3. The number of rotatable bonds is 8. The van der Waals surface area contributed by atoms with Gasteiger partial charge in [-0.15, -0.1) is 11.8 Å². The molecule has 0 aliphatic heterocycles. The molecule has 1 amide bonds. The number of carbonyl (C=O) groups excluding carboxylic acids is 1. The van der Waals surface area contributed by atoms with Gasteiger partial charge in [-0.1, -0.05) is 11.6 Å². The van der Waals surface area contributed by atoms with Crippen LogP contribution in [0.25, 0.3) is 0 Å². The van der Waals surface area contributed by atoms with Gasteiger partial charge in [0.1, 0.15) is 6.61 Å². The van der Waals surface area contributed by atoms with E-state index in [0.29, 0.717) is 17.4 Å². The lowest BCUT2D eigenvalue weighted by Crippen LogP contribution is -2.22. The van der Waals surface area contributed by atoms with Gasteiger partial charge in [-0.05, 0) is 68.8 Å². The lowest BCUT2D eigenvalue weighted by molar-refractivity contribution is 0.169. The van der Waals surface area contributed by atoms with Gasteiger partial charge in [0.05, 0.1) is 0 Å². The molecule has 140 valence electrons. The Hall–Kier alpha value is -1.85. The number of nitrogens with zero attached hydrogens (tertiary/aromatic N) is 1. The van der Waals surface area contributed by atoms with Crippen LogP contribution in [0.15, 0.2) is 47.4 Å². The Morgan fingerprint density at radius 3 is 2.46 bits per heavy atom. The number of nitrogens with one attached hydrogen (secondary N) is 1. The Kier molecular flexibility index (Phi) is 8.13. The summed E-state index contributed by atoms with van der Waals surface area (Å²) in [6.45, 7) is 8.50. The van der Waals surface area contributed by atoms with Crippen LogP contribution in [0.3, 0.4) is 0 Å². The molecule has 2 aromatic rings. The zero-order valence-electron chi connectivity index (χ0n) is 15.4. The number of benzene rings is 2. The maximum atomic E-state index is 12.0. The standard InChI is InChI=1S/C20H25ClN2O2S/c1-4-23(5-2)17-8-11-19(15(3)14-17)22-20(24)25-12-13-26-18-9-6-16(21)7-10-18/h6-11,14H,4-5,12-13H2,1-3H3,(H,22,24). The molecule has 0 fully saturated rings. The van der Waals surface area contributed by atoms with Crippen molar-refractivity contribution in [3.8, 4) is 0 Å². The molecule has 0 unspecified atom stereocenters. The third-order valence-corrected chi connectivity index (χ3v) is 5.20. The minimum Gasteiger partial charge on any atom is -0.448 e. The van der Waals surface area contributed by atoms with Gasteiger partial charge in [-0.2, -0.15) is 0 Å². The lowest BCUT2D eigenvalue weighted by Gasteiger charge is -2.22. The van der Waals surface area contributed by atoms with Gasteiger partial charge in [0.15, 0.2) is 0 Å². The second-order valence-electron chi connectivity index (χ2n) is 5.73. The van der Waals surface area contributed by atoms with Crippen molar-refractivity contribution >= 4 is 40.8 Å². The van der Waals surface area contributed by atoms with Crippen LogP contribution in [-0.4, -0.2) is 31.5 Å². The molecule has 0 heterocycles. The molecule has 0 radical (unpaired) electrons. The SMILES string of the molecule is CCN(CC)c1ccc(NC(=O)OCCSc2ccc(Cl)cc2)c(C)c1. The Bertz CT molecular complexity index is 718. The minimum absolute atomic E-state index is 0.343. The van der Waals surface area contributed by atoms with Gasteiger partial charge in [0.25, 0.3) is 0 Å². The van der Waals surface area contributed by atoms with Gasteiger partial charge < -0.3 is 9.64 Å². The zero-order valence-corrected chi connectivity index (χ0v) is 17.0. The molecule has 0 aromatic heterocycles. The van der Waals surface area contributed by atoms with Crippen molar-refractivity contribution in [1.29, 1.82) is 0 Å². The highest BCUT2D eigenvalue weighted by Gasteiger charge is 2.08. The normalized spacial score (nSPS) is 10.5. The fraction of sp³-hybridized carbons (Fsp3) is 0.350. The monoisotopic (exact) mass is 392 g/mol. The summed E-state index contributed by atoms with van der Waals surface area (Å²) in [5, 5.41) is 3.53. The number of aryl methyl sites for hydroxylation is 1. The van der Waals surface area contributed by atoms with Crippen molar-refractivity contribution in [3.63, 3.8) is 0 Å². The van der Waals surface area contributed by atoms with Crippen LogP contribution in [0.1, 0.15) is 19.4 Å². The quantitative estimate of drug-likeness (QED) is 0.453. The maximum absolute atomic E-state index is 12.0. The zero-order chi connectivity index (χ0) is 18.9. The fourth-order valence-corrected chi connectivity index (χ4v) is 3.40. The Balaban J connectivity index is 1.79. The first kappa shape index (κ1) is 20.5. The van der Waals surface area contributed by atoms with E-state index < -0.39 is 6.09 Å². The van der Waals surface area contributed by atoms with Crippen molar-refractivity contribution in [2.45, 2.75) is 25.7 Å². The van der Waals surface area contributed by atoms with E-state index in [9.17, 15) is 4.79 Å². The van der Waals surface area contributed by atoms with Crippen LogP contribution in [0, 0.1) is 6.92 Å². The lowest BCUT2D eigenvalue weighted by atomic mass is 10.1. The van der Waals surface area contributed by atoms with E-state index in [1.165, 1.54) is 0 Å². The van der Waals surface area contributed by atoms with Gasteiger partial charge in [-0.25, -0.2) is 4.79 Å². The van der Waals surface area contributed by atoms with Crippen molar-refractivity contribution in [2.24, 2.45) is 0 Å². The van der Waals surface area contributed by atoms with Gasteiger partial charge in [-0.3, -0.25) is 5.32 Å². The van der Waals surface area contributed by atoms with Crippen LogP contribution < -0.4 is 10.2 Å². The summed E-state index contributed by atoms with van der Waals surface area (Å²) in [7, 11) is 0. The summed E-state index contributed by atoms with van der Waals surface area (Å²) in [6, 6.07) is 13.6. The largest absolute Gasteiger partial charge is 0.448 e. The van der Waals surface area contributed by atoms with Gasteiger partial charge in [0.2, 0.25) is 0 Å². The third-order valence-electron chi connectivity index (χ3n) is 3.97. The maximum Gasteiger partial charge on any atom is 0.411 e. The van der Waals surface area contributed by atoms with E-state index in [4.69, 9.17) is 16.3 Å². The average molecular weight is 393 g/mol. The van der Waals surface area contributed by atoms with E-state index in [2.05, 4.69) is 30.1 Å². The molecule has 0 atom stereocenters. The average Bonchev–Trinajstić information content (AvgIpc) is 2.63. The molecular formula is C20H25ClN2O2S. The predicted octanol–water partition coefficient (Wildman–Crippen LogP) is 5.84. The third kappa shape index (κ3) is 6.15. The van der Waals surface area contributed by atoms with Crippen molar-refractivity contribution in [2.75, 3.05) is 35.7 Å². The summed E-state index contributed by atoms with van der Waals surface area (Å²) in [4.78, 5) is 15.3. The summed E-state index contributed by atoms with van der Waals surface area (Å²) >= 11 is 7.48. The Morgan fingerprint density at radius 2 is 1.85 bits per heavy atom. The molecule has 0 spiro atoms. The molecule has 0 aliphatic carbocycles. The first-order valence-electron chi connectivity index (χ1n) is 8.71. The summed E-state index contributed by atoms with van der Waals surface area (Å²) in [5.74, 6) is 0.689. The highest BCUT2D eigenvalue weighted by molar-refractivity contribution is 7.99. The van der Waals surface area contributed by atoms with Crippen LogP contribution in [0.4, 0.5) is 16.2 Å². The molecule has 6 heteroatoms. The number of hydrogen-bond donors (Lipinski definition) is 1. The topological polar surface area (TPSA) is 41.6 Å². The molecule has 0 saturated carbocycles. The number of halogens is 1. The highest BCUT2D eigenvalue weighted by Crippen LogP contribution is 2.23. The molecule has 0 aliphatic rings. The number of hydrogen-bond acceptors (Lipinski definition) is 4. The van der Waals surface area contributed by atoms with Crippen LogP contribution in [0.5, 0.6) is 0 Å². The smallest absolute Gasteiger partial charge is 0.411 e. The van der Waals surface area contributed by atoms with Crippen LogP contribution >= 0.6 is 23.4 Å². The minimum atomic E-state index is -0.430. The van der Waals surface area contributed by atoms with Crippen molar-refractivity contribution in [3.05, 3.63) is 53.1 Å².